The number of aromatic nitrogens is 2. The fourth-order valence-electron chi connectivity index (χ4n) is 2.38. The Balaban J connectivity index is 2.04. The Morgan fingerprint density at radius 3 is 2.69 bits per heavy atom. The Kier molecular flexibility index (Phi) is 5.89. The predicted molar refractivity (Wildman–Crippen MR) is 93.6 cm³/mol. The summed E-state index contributed by atoms with van der Waals surface area (Å²) in [6.45, 7) is 2.88. The first-order chi connectivity index (χ1) is 12.4. The maximum atomic E-state index is 12.0. The van der Waals surface area contributed by atoms with Crippen LogP contribution >= 0.6 is 0 Å². The van der Waals surface area contributed by atoms with E-state index in [2.05, 4.69) is 15.6 Å². The summed E-state index contributed by atoms with van der Waals surface area (Å²) in [6.07, 6.45) is 1.43. The Morgan fingerprint density at radius 2 is 2.12 bits per heavy atom. The van der Waals surface area contributed by atoms with Gasteiger partial charge in [0, 0.05) is 11.6 Å². The van der Waals surface area contributed by atoms with E-state index in [-0.39, 0.29) is 17.9 Å². The molecule has 10 nitrogen and oxygen atoms in total. The minimum Gasteiger partial charge on any atom is -0.497 e. The first-order valence-electron chi connectivity index (χ1n) is 7.59. The quantitative estimate of drug-likeness (QED) is 0.454. The van der Waals surface area contributed by atoms with Crippen LogP contribution in [-0.4, -0.2) is 41.0 Å². The molecule has 0 fully saturated rings. The van der Waals surface area contributed by atoms with Crippen LogP contribution in [0.3, 0.4) is 0 Å². The minimum absolute atomic E-state index is 0.0933. The fraction of sp³-hybridized carbons (Fsp3) is 0.312. The molecule has 1 amide bonds. The van der Waals surface area contributed by atoms with Gasteiger partial charge in [-0.25, -0.2) is 5.43 Å². The van der Waals surface area contributed by atoms with Crippen molar-refractivity contribution in [2.45, 2.75) is 20.4 Å². The lowest BCUT2D eigenvalue weighted by Crippen LogP contribution is -2.24. The van der Waals surface area contributed by atoms with Crippen molar-refractivity contribution in [1.29, 1.82) is 0 Å². The number of hydrogen-bond acceptors (Lipinski definition) is 7. The SMILES string of the molecule is COc1ccc(/C=N/NC(=O)Cn2nc(C)c([N+](=O)[O-])c2C)c(OC)c1. The van der Waals surface area contributed by atoms with Crippen molar-refractivity contribution < 1.29 is 19.2 Å². The van der Waals surface area contributed by atoms with Crippen molar-refractivity contribution in [2.24, 2.45) is 5.10 Å². The molecule has 1 N–H and O–H groups in total. The Hall–Kier alpha value is -3.43. The molecule has 1 aromatic heterocycles. The normalized spacial score (nSPS) is 10.8. The van der Waals surface area contributed by atoms with Crippen LogP contribution in [0.1, 0.15) is 17.0 Å². The number of hydrazone groups is 1. The van der Waals surface area contributed by atoms with Crippen molar-refractivity contribution in [2.75, 3.05) is 14.2 Å². The second-order valence-corrected chi connectivity index (χ2v) is 5.34. The van der Waals surface area contributed by atoms with Gasteiger partial charge in [0.2, 0.25) is 0 Å². The third-order valence-corrected chi connectivity index (χ3v) is 3.65. The molecule has 0 radical (unpaired) electrons. The van der Waals surface area contributed by atoms with E-state index < -0.39 is 10.8 Å². The van der Waals surface area contributed by atoms with Crippen LogP contribution in [0.15, 0.2) is 23.3 Å². The number of nitrogens with zero attached hydrogens (tertiary/aromatic N) is 4. The van der Waals surface area contributed by atoms with E-state index >= 15 is 0 Å². The van der Waals surface area contributed by atoms with Crippen LogP contribution in [0.2, 0.25) is 0 Å². The number of ether oxygens (including phenoxy) is 2. The Morgan fingerprint density at radius 1 is 1.38 bits per heavy atom. The largest absolute Gasteiger partial charge is 0.497 e. The molecule has 2 aromatic rings. The average molecular weight is 361 g/mol. The molecule has 2 rings (SSSR count). The highest BCUT2D eigenvalue weighted by Crippen LogP contribution is 2.23. The second-order valence-electron chi connectivity index (χ2n) is 5.34. The van der Waals surface area contributed by atoms with Gasteiger partial charge in [0.15, 0.2) is 0 Å². The lowest BCUT2D eigenvalue weighted by Gasteiger charge is -2.07. The number of rotatable bonds is 7. The number of nitro groups is 1. The Labute approximate surface area is 149 Å². The minimum atomic E-state index is -0.514. The van der Waals surface area contributed by atoms with Gasteiger partial charge in [0.1, 0.15) is 29.4 Å². The van der Waals surface area contributed by atoms with E-state index in [9.17, 15) is 14.9 Å². The van der Waals surface area contributed by atoms with Gasteiger partial charge in [0.25, 0.3) is 5.91 Å². The number of aryl methyl sites for hydroxylation is 1. The van der Waals surface area contributed by atoms with Crippen LogP contribution in [0.4, 0.5) is 5.69 Å². The second kappa shape index (κ2) is 8.10. The monoisotopic (exact) mass is 361 g/mol. The molecule has 0 aliphatic heterocycles. The number of amides is 1. The molecular formula is C16H19N5O5. The summed E-state index contributed by atoms with van der Waals surface area (Å²) in [6, 6.07) is 5.16. The summed E-state index contributed by atoms with van der Waals surface area (Å²) >= 11 is 0. The van der Waals surface area contributed by atoms with Gasteiger partial charge in [0.05, 0.1) is 25.4 Å². The van der Waals surface area contributed by atoms with Gasteiger partial charge in [-0.2, -0.15) is 10.2 Å². The molecular weight excluding hydrogens is 342 g/mol. The van der Waals surface area contributed by atoms with Gasteiger partial charge in [-0.3, -0.25) is 19.6 Å². The maximum Gasteiger partial charge on any atom is 0.312 e. The van der Waals surface area contributed by atoms with Crippen molar-refractivity contribution in [1.82, 2.24) is 15.2 Å². The number of methoxy groups -OCH3 is 2. The van der Waals surface area contributed by atoms with Gasteiger partial charge in [-0.1, -0.05) is 0 Å². The first-order valence-corrected chi connectivity index (χ1v) is 7.59. The molecule has 0 aliphatic carbocycles. The number of nitrogens with one attached hydrogen (secondary N) is 1. The van der Waals surface area contributed by atoms with E-state index in [1.165, 1.54) is 31.9 Å². The summed E-state index contributed by atoms with van der Waals surface area (Å²) in [7, 11) is 3.06. The van der Waals surface area contributed by atoms with Crippen LogP contribution < -0.4 is 14.9 Å². The number of benzene rings is 1. The smallest absolute Gasteiger partial charge is 0.312 e. The van der Waals surface area contributed by atoms with Crippen molar-refractivity contribution >= 4 is 17.8 Å². The molecule has 10 heteroatoms. The maximum absolute atomic E-state index is 12.0. The van der Waals surface area contributed by atoms with Crippen molar-refractivity contribution in [3.63, 3.8) is 0 Å². The van der Waals surface area contributed by atoms with Crippen LogP contribution in [-0.2, 0) is 11.3 Å². The predicted octanol–water partition coefficient (Wildman–Crippen LogP) is 1.58. The molecule has 0 saturated carbocycles. The zero-order chi connectivity index (χ0) is 19.3. The molecule has 26 heavy (non-hydrogen) atoms. The number of carbonyl (C=O) groups is 1. The highest BCUT2D eigenvalue weighted by atomic mass is 16.6. The molecule has 1 aromatic carbocycles. The van der Waals surface area contributed by atoms with E-state index in [4.69, 9.17) is 9.47 Å². The molecule has 0 unspecified atom stereocenters. The average Bonchev–Trinajstić information content (AvgIpc) is 2.88. The highest BCUT2D eigenvalue weighted by molar-refractivity contribution is 5.85. The number of carbonyl (C=O) groups excluding carboxylic acids is 1. The van der Waals surface area contributed by atoms with Gasteiger partial charge < -0.3 is 9.47 Å². The molecule has 138 valence electrons. The molecule has 0 atom stereocenters. The first kappa shape index (κ1) is 18.9. The Bertz CT molecular complexity index is 859. The fourth-order valence-corrected chi connectivity index (χ4v) is 2.38. The van der Waals surface area contributed by atoms with Gasteiger partial charge in [-0.05, 0) is 26.0 Å². The molecule has 1 heterocycles. The topological polar surface area (TPSA) is 121 Å². The molecule has 0 spiro atoms. The zero-order valence-corrected chi connectivity index (χ0v) is 14.8. The van der Waals surface area contributed by atoms with E-state index in [0.29, 0.717) is 22.8 Å². The third-order valence-electron chi connectivity index (χ3n) is 3.65. The lowest BCUT2D eigenvalue weighted by atomic mass is 10.2. The summed E-state index contributed by atoms with van der Waals surface area (Å²) in [4.78, 5) is 22.5. The van der Waals surface area contributed by atoms with Crippen LogP contribution in [0.5, 0.6) is 11.5 Å². The molecule has 0 saturated heterocycles. The summed E-state index contributed by atoms with van der Waals surface area (Å²) in [5.74, 6) is 0.708. The zero-order valence-electron chi connectivity index (χ0n) is 14.8. The summed E-state index contributed by atoms with van der Waals surface area (Å²) in [5.41, 5.74) is 3.48. The van der Waals surface area contributed by atoms with Crippen LogP contribution in [0, 0.1) is 24.0 Å². The van der Waals surface area contributed by atoms with Gasteiger partial charge in [-0.15, -0.1) is 0 Å². The lowest BCUT2D eigenvalue weighted by molar-refractivity contribution is -0.386. The van der Waals surface area contributed by atoms with E-state index in [0.717, 1.165) is 0 Å². The van der Waals surface area contributed by atoms with Gasteiger partial charge >= 0.3 is 5.69 Å². The van der Waals surface area contributed by atoms with E-state index in [1.54, 1.807) is 25.3 Å². The summed E-state index contributed by atoms with van der Waals surface area (Å²) < 4.78 is 11.6. The summed E-state index contributed by atoms with van der Waals surface area (Å²) in [5, 5.41) is 18.9. The van der Waals surface area contributed by atoms with Crippen molar-refractivity contribution in [3.8, 4) is 11.5 Å². The van der Waals surface area contributed by atoms with Crippen LogP contribution in [0.25, 0.3) is 0 Å². The molecule has 0 bridgehead atoms. The molecule has 0 aliphatic rings. The van der Waals surface area contributed by atoms with E-state index in [1.807, 2.05) is 0 Å². The third kappa shape index (κ3) is 4.15. The number of hydrogen-bond donors (Lipinski definition) is 1. The van der Waals surface area contributed by atoms with Crippen molar-refractivity contribution in [3.05, 3.63) is 45.3 Å². The standard InChI is InChI=1S/C16H19N5O5/c1-10-16(21(23)24)11(2)20(19-10)9-15(22)18-17-8-12-5-6-13(25-3)7-14(12)26-4/h5-8H,9H2,1-4H3,(H,18,22)/b17-8+. The highest BCUT2D eigenvalue weighted by Gasteiger charge is 2.22.